The summed E-state index contributed by atoms with van der Waals surface area (Å²) >= 11 is 0. The first-order valence-corrected chi connectivity index (χ1v) is 10.4. The predicted molar refractivity (Wildman–Crippen MR) is 117 cm³/mol. The Hall–Kier alpha value is -2.59. The van der Waals surface area contributed by atoms with Gasteiger partial charge in [-0.1, -0.05) is 0 Å². The van der Waals surface area contributed by atoms with Crippen LogP contribution in [0, 0.1) is 0 Å². The number of allylic oxidation sites excluding steroid dienone is 1. The minimum Gasteiger partial charge on any atom is -0.382 e. The van der Waals surface area contributed by atoms with Gasteiger partial charge in [-0.25, -0.2) is 0 Å². The van der Waals surface area contributed by atoms with Crippen LogP contribution < -0.4 is 5.32 Å². The Morgan fingerprint density at radius 1 is 1.18 bits per heavy atom. The number of pyridine rings is 1. The number of rotatable bonds is 4. The van der Waals surface area contributed by atoms with Crippen molar-refractivity contribution in [3.05, 3.63) is 59.5 Å². The van der Waals surface area contributed by atoms with Crippen molar-refractivity contribution < 1.29 is 0 Å². The average Bonchev–Trinajstić information content (AvgIpc) is 2.98. The summed E-state index contributed by atoms with van der Waals surface area (Å²) in [6.07, 6.45) is 11.1. The summed E-state index contributed by atoms with van der Waals surface area (Å²) in [6, 6.07) is 11.7. The van der Waals surface area contributed by atoms with Crippen LogP contribution in [0.3, 0.4) is 0 Å². The predicted octanol–water partition coefficient (Wildman–Crippen LogP) is 5.01. The molecule has 0 saturated heterocycles. The fourth-order valence-electron chi connectivity index (χ4n) is 4.44. The van der Waals surface area contributed by atoms with E-state index in [9.17, 15) is 0 Å². The molecule has 5 rings (SSSR count). The Kier molecular flexibility index (Phi) is 4.44. The van der Waals surface area contributed by atoms with Crippen LogP contribution in [0.2, 0.25) is 0 Å². The molecule has 3 heterocycles. The summed E-state index contributed by atoms with van der Waals surface area (Å²) < 4.78 is 2.43. The van der Waals surface area contributed by atoms with Crippen LogP contribution in [0.15, 0.2) is 42.7 Å². The molecule has 0 atom stereocenters. The molecule has 1 aromatic carbocycles. The summed E-state index contributed by atoms with van der Waals surface area (Å²) in [5, 5.41) is 5.11. The van der Waals surface area contributed by atoms with Crippen molar-refractivity contribution in [2.75, 3.05) is 18.9 Å². The second-order valence-electron chi connectivity index (χ2n) is 8.34. The third-order valence-electron chi connectivity index (χ3n) is 6.31. The lowest BCUT2D eigenvalue weighted by Gasteiger charge is -2.27. The summed E-state index contributed by atoms with van der Waals surface area (Å²) in [4.78, 5) is 6.58. The number of nitrogens with one attached hydrogen (secondary N) is 1. The molecule has 3 aromatic rings. The van der Waals surface area contributed by atoms with E-state index in [0.29, 0.717) is 6.04 Å². The maximum absolute atomic E-state index is 4.15. The number of likely N-dealkylation sites (N-methyl/N-ethyl adjacent to an activating group) is 1. The van der Waals surface area contributed by atoms with Gasteiger partial charge in [0, 0.05) is 60.9 Å². The molecular weight excluding hydrogens is 344 g/mol. The van der Waals surface area contributed by atoms with Crippen LogP contribution in [0.25, 0.3) is 22.7 Å². The van der Waals surface area contributed by atoms with Crippen LogP contribution in [-0.2, 0) is 13.0 Å². The Morgan fingerprint density at radius 2 is 2.00 bits per heavy atom. The van der Waals surface area contributed by atoms with Gasteiger partial charge in [0.05, 0.1) is 5.52 Å². The molecule has 0 spiro atoms. The number of anilines is 1. The molecule has 1 aliphatic carbocycles. The van der Waals surface area contributed by atoms with Crippen molar-refractivity contribution in [3.8, 4) is 0 Å². The molecule has 0 unspecified atom stereocenters. The number of hydrogen-bond acceptors (Lipinski definition) is 3. The number of fused-ring (bicyclic) bond motifs is 3. The fourth-order valence-corrected chi connectivity index (χ4v) is 4.44. The first kappa shape index (κ1) is 17.5. The van der Waals surface area contributed by atoms with Crippen molar-refractivity contribution in [2.24, 2.45) is 0 Å². The highest BCUT2D eigenvalue weighted by Crippen LogP contribution is 2.34. The third-order valence-corrected chi connectivity index (χ3v) is 6.31. The molecule has 1 N–H and O–H groups in total. The van der Waals surface area contributed by atoms with Crippen LogP contribution in [-0.4, -0.2) is 34.1 Å². The van der Waals surface area contributed by atoms with Gasteiger partial charge < -0.3 is 14.8 Å². The zero-order valence-electron chi connectivity index (χ0n) is 16.8. The molecule has 144 valence electrons. The van der Waals surface area contributed by atoms with E-state index in [1.165, 1.54) is 58.2 Å². The van der Waals surface area contributed by atoms with Gasteiger partial charge >= 0.3 is 0 Å². The molecular formula is C24H28N4. The van der Waals surface area contributed by atoms with E-state index in [1.807, 2.05) is 12.4 Å². The van der Waals surface area contributed by atoms with Crippen LogP contribution >= 0.6 is 0 Å². The van der Waals surface area contributed by atoms with E-state index in [0.717, 1.165) is 19.5 Å². The average molecular weight is 373 g/mol. The second-order valence-corrected chi connectivity index (χ2v) is 8.34. The first-order chi connectivity index (χ1) is 13.7. The van der Waals surface area contributed by atoms with Gasteiger partial charge in [0.2, 0.25) is 0 Å². The topological polar surface area (TPSA) is 33.1 Å². The standard InChI is InChI=1S/C24H28N4/c1-17(18-8-11-25-12-9-18)15-28-23-7-6-20(26-19-4-3-5-19)14-21(23)22-16-27(2)13-10-24(22)28/h6-9,11-12,14-15,19,26H,3-5,10,13,16H2,1-2H3. The Bertz CT molecular complexity index is 1030. The molecule has 1 aliphatic heterocycles. The smallest absolute Gasteiger partial charge is 0.0530 e. The first-order valence-electron chi connectivity index (χ1n) is 10.4. The SMILES string of the molecule is CC(=Cn1c2c(c3cc(NC4CCC4)ccc31)CN(C)CC2)c1ccncc1. The number of hydrogen-bond donors (Lipinski definition) is 1. The lowest BCUT2D eigenvalue weighted by molar-refractivity contribution is 0.312. The van der Waals surface area contributed by atoms with Crippen molar-refractivity contribution in [2.45, 2.75) is 45.2 Å². The van der Waals surface area contributed by atoms with E-state index < -0.39 is 0 Å². The lowest BCUT2D eigenvalue weighted by atomic mass is 9.93. The maximum atomic E-state index is 4.15. The van der Waals surface area contributed by atoms with E-state index in [1.54, 1.807) is 0 Å². The quantitative estimate of drug-likeness (QED) is 0.699. The van der Waals surface area contributed by atoms with Crippen molar-refractivity contribution in [1.82, 2.24) is 14.5 Å². The molecule has 0 amide bonds. The van der Waals surface area contributed by atoms with E-state index in [-0.39, 0.29) is 0 Å². The van der Waals surface area contributed by atoms with Crippen LogP contribution in [0.5, 0.6) is 0 Å². The summed E-state index contributed by atoms with van der Waals surface area (Å²) in [5.41, 5.74) is 8.01. The zero-order valence-corrected chi connectivity index (χ0v) is 16.8. The van der Waals surface area contributed by atoms with Crippen LogP contribution in [0.4, 0.5) is 5.69 Å². The molecule has 1 fully saturated rings. The number of nitrogens with zero attached hydrogens (tertiary/aromatic N) is 3. The molecule has 2 aliphatic rings. The van der Waals surface area contributed by atoms with Gasteiger partial charge in [0.15, 0.2) is 0 Å². The van der Waals surface area contributed by atoms with Gasteiger partial charge in [-0.15, -0.1) is 0 Å². The fraction of sp³-hybridized carbons (Fsp3) is 0.375. The zero-order chi connectivity index (χ0) is 19.1. The lowest BCUT2D eigenvalue weighted by Crippen LogP contribution is -2.27. The largest absolute Gasteiger partial charge is 0.382 e. The van der Waals surface area contributed by atoms with Crippen molar-refractivity contribution in [3.63, 3.8) is 0 Å². The van der Waals surface area contributed by atoms with Gasteiger partial charge in [0.1, 0.15) is 0 Å². The molecule has 0 radical (unpaired) electrons. The highest BCUT2D eigenvalue weighted by molar-refractivity contribution is 5.92. The molecule has 0 bridgehead atoms. The monoisotopic (exact) mass is 372 g/mol. The normalized spacial score (nSPS) is 18.1. The Balaban J connectivity index is 1.62. The van der Waals surface area contributed by atoms with Crippen molar-refractivity contribution in [1.29, 1.82) is 0 Å². The summed E-state index contributed by atoms with van der Waals surface area (Å²) in [6.45, 7) is 4.32. The molecule has 1 saturated carbocycles. The highest BCUT2D eigenvalue weighted by Gasteiger charge is 2.23. The summed E-state index contributed by atoms with van der Waals surface area (Å²) in [5.74, 6) is 0. The number of benzene rings is 1. The van der Waals surface area contributed by atoms with E-state index >= 15 is 0 Å². The highest BCUT2D eigenvalue weighted by atomic mass is 15.1. The maximum Gasteiger partial charge on any atom is 0.0530 e. The Labute approximate surface area is 166 Å². The minimum absolute atomic E-state index is 0.659. The summed E-state index contributed by atoms with van der Waals surface area (Å²) in [7, 11) is 2.22. The van der Waals surface area contributed by atoms with Crippen LogP contribution in [0.1, 0.15) is 43.0 Å². The van der Waals surface area contributed by atoms with Gasteiger partial charge in [-0.3, -0.25) is 4.98 Å². The van der Waals surface area contributed by atoms with Gasteiger partial charge in [-0.05, 0) is 80.3 Å². The molecule has 4 heteroatoms. The molecule has 4 nitrogen and oxygen atoms in total. The second kappa shape index (κ2) is 7.10. The Morgan fingerprint density at radius 3 is 2.75 bits per heavy atom. The van der Waals surface area contributed by atoms with Crippen molar-refractivity contribution >= 4 is 28.4 Å². The van der Waals surface area contributed by atoms with E-state index in [2.05, 4.69) is 70.3 Å². The molecule has 2 aromatic heterocycles. The third kappa shape index (κ3) is 3.12. The van der Waals surface area contributed by atoms with Gasteiger partial charge in [-0.2, -0.15) is 0 Å². The van der Waals surface area contributed by atoms with E-state index in [4.69, 9.17) is 0 Å². The number of aromatic nitrogens is 2. The van der Waals surface area contributed by atoms with Gasteiger partial charge in [0.25, 0.3) is 0 Å². The minimum atomic E-state index is 0.659. The molecule has 28 heavy (non-hydrogen) atoms.